The van der Waals surface area contributed by atoms with Gasteiger partial charge in [-0.1, -0.05) is 31.9 Å². The molecule has 0 bridgehead atoms. The van der Waals surface area contributed by atoms with Crippen LogP contribution < -0.4 is 0 Å². The maximum atomic E-state index is 12.4. The van der Waals surface area contributed by atoms with E-state index < -0.39 is 11.7 Å². The van der Waals surface area contributed by atoms with Gasteiger partial charge < -0.3 is 4.42 Å². The minimum atomic E-state index is -4.47. The van der Waals surface area contributed by atoms with Crippen molar-refractivity contribution < 1.29 is 17.6 Å². The average Bonchev–Trinajstić information content (AvgIpc) is 2.55. The van der Waals surface area contributed by atoms with Crippen LogP contribution in [0.15, 0.2) is 16.5 Å². The first-order chi connectivity index (χ1) is 8.29. The first kappa shape index (κ1) is 14.8. The van der Waals surface area contributed by atoms with Crippen LogP contribution in [0.1, 0.15) is 31.7 Å². The first-order valence-electron chi connectivity index (χ1n) is 5.43. The number of alkyl halides is 3. The highest BCUT2D eigenvalue weighted by Crippen LogP contribution is 2.36. The molecule has 0 spiro atoms. The molecule has 0 aliphatic rings. The van der Waals surface area contributed by atoms with E-state index in [9.17, 15) is 13.2 Å². The summed E-state index contributed by atoms with van der Waals surface area (Å²) in [7, 11) is 0. The van der Waals surface area contributed by atoms with Gasteiger partial charge in [-0.15, -0.1) is 0 Å². The van der Waals surface area contributed by atoms with Gasteiger partial charge in [-0.2, -0.15) is 13.2 Å². The van der Waals surface area contributed by atoms with Gasteiger partial charge in [0, 0.05) is 13.0 Å². The van der Waals surface area contributed by atoms with Crippen LogP contribution in [0.4, 0.5) is 13.2 Å². The third kappa shape index (κ3) is 3.38. The number of rotatable bonds is 0. The van der Waals surface area contributed by atoms with Gasteiger partial charge in [0.05, 0.1) is 10.6 Å². The Hall–Kier alpha value is -1.23. The zero-order valence-corrected chi connectivity index (χ0v) is 11.0. The highest BCUT2D eigenvalue weighted by molar-refractivity contribution is 6.32. The highest BCUT2D eigenvalue weighted by atomic mass is 35.5. The standard InChI is InChI=1S/C9H5ClF3NO.C3H8/c1-4-14-7-2-5(9(11,12)13)6(10)3-8(7)15-4;1-3-2/h2-3H,1H3;3H2,1-2H3. The molecular formula is C12H13ClF3NO. The lowest BCUT2D eigenvalue weighted by Gasteiger charge is -2.07. The predicted molar refractivity (Wildman–Crippen MR) is 64.7 cm³/mol. The molecule has 100 valence electrons. The van der Waals surface area contributed by atoms with Crippen LogP contribution in [0.5, 0.6) is 0 Å². The molecule has 0 saturated heterocycles. The molecule has 0 fully saturated rings. The number of aromatic nitrogens is 1. The molecule has 0 amide bonds. The van der Waals surface area contributed by atoms with Crippen molar-refractivity contribution >= 4 is 22.7 Å². The molecule has 2 rings (SSSR count). The highest BCUT2D eigenvalue weighted by Gasteiger charge is 2.34. The van der Waals surface area contributed by atoms with E-state index in [1.165, 1.54) is 6.42 Å². The largest absolute Gasteiger partial charge is 0.441 e. The summed E-state index contributed by atoms with van der Waals surface area (Å²) in [5.41, 5.74) is -0.486. The quantitative estimate of drug-likeness (QED) is 0.660. The lowest BCUT2D eigenvalue weighted by Crippen LogP contribution is -2.05. The molecular weight excluding hydrogens is 267 g/mol. The van der Waals surface area contributed by atoms with Gasteiger partial charge in [0.1, 0.15) is 5.52 Å². The van der Waals surface area contributed by atoms with E-state index in [4.69, 9.17) is 16.0 Å². The number of nitrogens with zero attached hydrogens (tertiary/aromatic N) is 1. The Balaban J connectivity index is 0.000000492. The first-order valence-corrected chi connectivity index (χ1v) is 5.81. The molecule has 18 heavy (non-hydrogen) atoms. The Kier molecular flexibility index (Phi) is 4.62. The molecule has 0 aliphatic heterocycles. The SMILES string of the molecule is CCC.Cc1nc2cc(C(F)(F)F)c(Cl)cc2o1. The van der Waals surface area contributed by atoms with Crippen LogP contribution in [-0.2, 0) is 6.18 Å². The predicted octanol–water partition coefficient (Wildman–Crippen LogP) is 5.22. The van der Waals surface area contributed by atoms with E-state index in [2.05, 4.69) is 18.8 Å². The fraction of sp³-hybridized carbons (Fsp3) is 0.417. The van der Waals surface area contributed by atoms with Gasteiger partial charge in [0.2, 0.25) is 0 Å². The Morgan fingerprint density at radius 3 is 2.33 bits per heavy atom. The minimum absolute atomic E-state index is 0.157. The fourth-order valence-corrected chi connectivity index (χ4v) is 1.54. The number of fused-ring (bicyclic) bond motifs is 1. The van der Waals surface area contributed by atoms with Gasteiger partial charge in [-0.3, -0.25) is 0 Å². The van der Waals surface area contributed by atoms with Gasteiger partial charge in [-0.25, -0.2) is 4.98 Å². The number of halogens is 4. The maximum Gasteiger partial charge on any atom is 0.417 e. The number of hydrogen-bond donors (Lipinski definition) is 0. The van der Waals surface area contributed by atoms with Crippen LogP contribution in [0.3, 0.4) is 0 Å². The van der Waals surface area contributed by atoms with Crippen molar-refractivity contribution in [2.45, 2.75) is 33.4 Å². The van der Waals surface area contributed by atoms with Crippen molar-refractivity contribution in [3.63, 3.8) is 0 Å². The second-order valence-electron chi connectivity index (χ2n) is 3.74. The molecule has 0 aliphatic carbocycles. The van der Waals surface area contributed by atoms with Crippen LogP contribution in [0.25, 0.3) is 11.1 Å². The molecule has 2 nitrogen and oxygen atoms in total. The number of benzene rings is 1. The van der Waals surface area contributed by atoms with E-state index in [0.29, 0.717) is 5.89 Å². The number of hydrogen-bond acceptors (Lipinski definition) is 2. The lowest BCUT2D eigenvalue weighted by atomic mass is 10.2. The Bertz CT molecular complexity index is 534. The molecule has 1 heterocycles. The molecule has 0 unspecified atom stereocenters. The lowest BCUT2D eigenvalue weighted by molar-refractivity contribution is -0.137. The van der Waals surface area contributed by atoms with Gasteiger partial charge in [0.25, 0.3) is 0 Å². The van der Waals surface area contributed by atoms with Gasteiger partial charge >= 0.3 is 6.18 Å². The minimum Gasteiger partial charge on any atom is -0.441 e. The molecule has 1 aromatic heterocycles. The fourth-order valence-electron chi connectivity index (χ4n) is 1.28. The number of oxazole rings is 1. The Morgan fingerprint density at radius 2 is 1.83 bits per heavy atom. The summed E-state index contributed by atoms with van der Waals surface area (Å²) < 4.78 is 42.4. The molecule has 0 N–H and O–H groups in total. The van der Waals surface area contributed by atoms with Crippen molar-refractivity contribution in [2.75, 3.05) is 0 Å². The smallest absolute Gasteiger partial charge is 0.417 e. The van der Waals surface area contributed by atoms with E-state index in [1.807, 2.05) is 0 Å². The van der Waals surface area contributed by atoms with Crippen LogP contribution >= 0.6 is 11.6 Å². The summed E-state index contributed by atoms with van der Waals surface area (Å²) in [6, 6.07) is 2.01. The zero-order valence-electron chi connectivity index (χ0n) is 10.2. The second-order valence-corrected chi connectivity index (χ2v) is 4.14. The molecule has 1 aromatic carbocycles. The second kappa shape index (κ2) is 5.61. The van der Waals surface area contributed by atoms with E-state index in [0.717, 1.165) is 12.1 Å². The van der Waals surface area contributed by atoms with Crippen LogP contribution in [-0.4, -0.2) is 4.98 Å². The third-order valence-corrected chi connectivity index (χ3v) is 2.20. The normalized spacial score (nSPS) is 11.3. The molecule has 6 heteroatoms. The summed E-state index contributed by atoms with van der Waals surface area (Å²) in [6.07, 6.45) is -3.22. The van der Waals surface area contributed by atoms with Crippen LogP contribution in [0.2, 0.25) is 5.02 Å². The summed E-state index contributed by atoms with van der Waals surface area (Å²) >= 11 is 5.49. The zero-order chi connectivity index (χ0) is 13.9. The van der Waals surface area contributed by atoms with Crippen molar-refractivity contribution in [2.24, 2.45) is 0 Å². The monoisotopic (exact) mass is 279 g/mol. The summed E-state index contributed by atoms with van der Waals surface area (Å²) in [5.74, 6) is 0.306. The van der Waals surface area contributed by atoms with E-state index in [-0.39, 0.29) is 16.1 Å². The number of aryl methyl sites for hydroxylation is 1. The van der Waals surface area contributed by atoms with Crippen molar-refractivity contribution in [3.8, 4) is 0 Å². The molecule has 0 saturated carbocycles. The Morgan fingerprint density at radius 1 is 1.28 bits per heavy atom. The topological polar surface area (TPSA) is 26.0 Å². The molecule has 2 aromatic rings. The van der Waals surface area contributed by atoms with Crippen molar-refractivity contribution in [1.29, 1.82) is 0 Å². The van der Waals surface area contributed by atoms with E-state index >= 15 is 0 Å². The summed E-state index contributed by atoms with van der Waals surface area (Å²) in [5, 5.41) is -0.383. The van der Waals surface area contributed by atoms with Crippen LogP contribution in [0, 0.1) is 6.92 Å². The van der Waals surface area contributed by atoms with E-state index in [1.54, 1.807) is 6.92 Å². The van der Waals surface area contributed by atoms with Gasteiger partial charge in [0.15, 0.2) is 11.5 Å². The average molecular weight is 280 g/mol. The Labute approximate surface area is 108 Å². The molecule has 0 atom stereocenters. The third-order valence-electron chi connectivity index (χ3n) is 1.89. The summed E-state index contributed by atoms with van der Waals surface area (Å²) in [4.78, 5) is 3.80. The van der Waals surface area contributed by atoms with Crippen molar-refractivity contribution in [1.82, 2.24) is 4.98 Å². The molecule has 0 radical (unpaired) electrons. The van der Waals surface area contributed by atoms with Crippen molar-refractivity contribution in [3.05, 3.63) is 28.6 Å². The van der Waals surface area contributed by atoms with Gasteiger partial charge in [-0.05, 0) is 6.07 Å². The summed E-state index contributed by atoms with van der Waals surface area (Å²) in [6.45, 7) is 5.81. The maximum absolute atomic E-state index is 12.4.